The predicted molar refractivity (Wildman–Crippen MR) is 63.5 cm³/mol. The fourth-order valence-corrected chi connectivity index (χ4v) is 2.12. The van der Waals surface area contributed by atoms with Gasteiger partial charge in [0.2, 0.25) is 0 Å². The van der Waals surface area contributed by atoms with E-state index < -0.39 is 0 Å². The molecule has 2 N–H and O–H groups in total. The van der Waals surface area contributed by atoms with Gasteiger partial charge in [-0.1, -0.05) is 12.8 Å². The van der Waals surface area contributed by atoms with Gasteiger partial charge in [-0.3, -0.25) is 4.90 Å². The number of hydrogen-bond donors (Lipinski definition) is 2. The van der Waals surface area contributed by atoms with Gasteiger partial charge in [0, 0.05) is 39.3 Å². The first-order chi connectivity index (χ1) is 7.84. The van der Waals surface area contributed by atoms with Gasteiger partial charge in [0.25, 0.3) is 0 Å². The summed E-state index contributed by atoms with van der Waals surface area (Å²) in [4.78, 5) is 2.30. The van der Waals surface area contributed by atoms with Gasteiger partial charge < -0.3 is 15.2 Å². The van der Waals surface area contributed by atoms with Crippen LogP contribution in [0.3, 0.4) is 0 Å². The summed E-state index contributed by atoms with van der Waals surface area (Å²) < 4.78 is 5.50. The van der Waals surface area contributed by atoms with Crippen LogP contribution in [0.25, 0.3) is 0 Å². The largest absolute Gasteiger partial charge is 0.389 e. The van der Waals surface area contributed by atoms with Crippen molar-refractivity contribution in [3.8, 4) is 0 Å². The highest BCUT2D eigenvalue weighted by Gasteiger charge is 2.20. The van der Waals surface area contributed by atoms with Crippen molar-refractivity contribution in [2.24, 2.45) is 5.92 Å². The van der Waals surface area contributed by atoms with Crippen molar-refractivity contribution in [1.82, 2.24) is 10.2 Å². The molecular formula is C12H24N2O2. The molecule has 2 aliphatic rings. The van der Waals surface area contributed by atoms with E-state index in [2.05, 4.69) is 10.2 Å². The maximum atomic E-state index is 9.80. The molecule has 2 rings (SSSR count). The molecule has 0 amide bonds. The zero-order valence-corrected chi connectivity index (χ0v) is 10.0. The molecular weight excluding hydrogens is 204 g/mol. The number of aliphatic hydroxyl groups is 1. The summed E-state index contributed by atoms with van der Waals surface area (Å²) in [7, 11) is 0. The molecule has 1 heterocycles. The summed E-state index contributed by atoms with van der Waals surface area (Å²) in [5.41, 5.74) is 0. The Morgan fingerprint density at radius 2 is 2.06 bits per heavy atom. The van der Waals surface area contributed by atoms with Gasteiger partial charge >= 0.3 is 0 Å². The van der Waals surface area contributed by atoms with Gasteiger partial charge in [-0.05, 0) is 12.3 Å². The molecule has 0 aromatic carbocycles. The van der Waals surface area contributed by atoms with E-state index >= 15 is 0 Å². The minimum atomic E-state index is -0.322. The van der Waals surface area contributed by atoms with Gasteiger partial charge in [0.05, 0.1) is 12.7 Å². The summed E-state index contributed by atoms with van der Waals surface area (Å²) in [6.07, 6.45) is 3.62. The van der Waals surface area contributed by atoms with Crippen molar-refractivity contribution in [3.05, 3.63) is 0 Å². The average molecular weight is 228 g/mol. The zero-order chi connectivity index (χ0) is 11.2. The number of nitrogens with one attached hydrogen (secondary N) is 1. The number of nitrogens with zero attached hydrogens (tertiary/aromatic N) is 1. The molecule has 1 unspecified atom stereocenters. The molecule has 0 radical (unpaired) electrons. The van der Waals surface area contributed by atoms with E-state index in [0.717, 1.165) is 45.2 Å². The lowest BCUT2D eigenvalue weighted by Gasteiger charge is -2.28. The van der Waals surface area contributed by atoms with E-state index in [1.54, 1.807) is 0 Å². The Labute approximate surface area is 98.0 Å². The maximum Gasteiger partial charge on any atom is 0.0900 e. The zero-order valence-electron chi connectivity index (χ0n) is 10.0. The van der Waals surface area contributed by atoms with Crippen LogP contribution in [0.15, 0.2) is 0 Å². The van der Waals surface area contributed by atoms with Crippen LogP contribution in [0.2, 0.25) is 0 Å². The first-order valence-electron chi connectivity index (χ1n) is 6.53. The molecule has 1 aliphatic heterocycles. The van der Waals surface area contributed by atoms with Crippen LogP contribution >= 0.6 is 0 Å². The van der Waals surface area contributed by atoms with Gasteiger partial charge in [-0.15, -0.1) is 0 Å². The second-order valence-corrected chi connectivity index (χ2v) is 5.01. The Morgan fingerprint density at radius 1 is 1.31 bits per heavy atom. The SMILES string of the molecule is OC(COCCC1CC1)CN1CCNCC1. The second-order valence-electron chi connectivity index (χ2n) is 5.01. The molecule has 2 fully saturated rings. The van der Waals surface area contributed by atoms with E-state index in [0.29, 0.717) is 6.61 Å². The van der Waals surface area contributed by atoms with Crippen molar-refractivity contribution in [3.63, 3.8) is 0 Å². The Hall–Kier alpha value is -0.160. The Morgan fingerprint density at radius 3 is 2.75 bits per heavy atom. The van der Waals surface area contributed by atoms with E-state index in [9.17, 15) is 5.11 Å². The van der Waals surface area contributed by atoms with Crippen LogP contribution < -0.4 is 5.32 Å². The van der Waals surface area contributed by atoms with E-state index in [4.69, 9.17) is 4.74 Å². The molecule has 1 atom stereocenters. The van der Waals surface area contributed by atoms with Crippen LogP contribution in [0.5, 0.6) is 0 Å². The monoisotopic (exact) mass is 228 g/mol. The number of piperazine rings is 1. The van der Waals surface area contributed by atoms with Crippen molar-refractivity contribution >= 4 is 0 Å². The number of ether oxygens (including phenoxy) is 1. The molecule has 1 saturated heterocycles. The molecule has 0 aromatic heterocycles. The van der Waals surface area contributed by atoms with Gasteiger partial charge in [0.15, 0.2) is 0 Å². The highest BCUT2D eigenvalue weighted by Crippen LogP contribution is 2.32. The third-order valence-corrected chi connectivity index (χ3v) is 3.36. The van der Waals surface area contributed by atoms with Crippen molar-refractivity contribution in [2.45, 2.75) is 25.4 Å². The first kappa shape index (κ1) is 12.3. The standard InChI is InChI=1S/C12H24N2O2/c15-12(9-14-6-4-13-5-7-14)10-16-8-3-11-1-2-11/h11-13,15H,1-10H2. The van der Waals surface area contributed by atoms with Crippen molar-refractivity contribution in [1.29, 1.82) is 0 Å². The second kappa shape index (κ2) is 6.55. The fourth-order valence-electron chi connectivity index (χ4n) is 2.12. The fraction of sp³-hybridized carbons (Fsp3) is 1.00. The average Bonchev–Trinajstić information content (AvgIpc) is 3.10. The van der Waals surface area contributed by atoms with E-state index in [1.807, 2.05) is 0 Å². The van der Waals surface area contributed by atoms with Crippen LogP contribution in [0.4, 0.5) is 0 Å². The predicted octanol–water partition coefficient (Wildman–Crippen LogP) is 0.0692. The van der Waals surface area contributed by atoms with Crippen LogP contribution in [0.1, 0.15) is 19.3 Å². The molecule has 0 aromatic rings. The maximum absolute atomic E-state index is 9.80. The molecule has 4 heteroatoms. The number of hydrogen-bond acceptors (Lipinski definition) is 4. The number of rotatable bonds is 7. The lowest BCUT2D eigenvalue weighted by molar-refractivity contribution is 0.0131. The third kappa shape index (κ3) is 4.78. The number of aliphatic hydroxyl groups excluding tert-OH is 1. The lowest BCUT2D eigenvalue weighted by Crippen LogP contribution is -2.47. The smallest absolute Gasteiger partial charge is 0.0900 e. The molecule has 1 aliphatic carbocycles. The summed E-state index contributed by atoms with van der Waals surface area (Å²) >= 11 is 0. The summed E-state index contributed by atoms with van der Waals surface area (Å²) in [6.45, 7) is 6.23. The molecule has 16 heavy (non-hydrogen) atoms. The number of β-amino-alcohol motifs (C(OH)–C–C–N with tert-alkyl or cyclic N) is 1. The highest BCUT2D eigenvalue weighted by atomic mass is 16.5. The molecule has 0 bridgehead atoms. The first-order valence-corrected chi connectivity index (χ1v) is 6.53. The Balaban J connectivity index is 1.47. The van der Waals surface area contributed by atoms with Crippen molar-refractivity contribution < 1.29 is 9.84 Å². The minimum absolute atomic E-state index is 0.322. The van der Waals surface area contributed by atoms with Gasteiger partial charge in [-0.25, -0.2) is 0 Å². The highest BCUT2D eigenvalue weighted by molar-refractivity contribution is 4.73. The quantitative estimate of drug-likeness (QED) is 0.605. The van der Waals surface area contributed by atoms with Gasteiger partial charge in [-0.2, -0.15) is 0 Å². The van der Waals surface area contributed by atoms with Crippen LogP contribution in [0, 0.1) is 5.92 Å². The molecule has 1 saturated carbocycles. The molecule has 0 spiro atoms. The van der Waals surface area contributed by atoms with E-state index in [1.165, 1.54) is 19.3 Å². The summed E-state index contributed by atoms with van der Waals surface area (Å²) in [6, 6.07) is 0. The minimum Gasteiger partial charge on any atom is -0.389 e. The lowest BCUT2D eigenvalue weighted by atomic mass is 10.3. The Kier molecular flexibility index (Phi) is 5.03. The normalized spacial score (nSPS) is 24.6. The summed E-state index contributed by atoms with van der Waals surface area (Å²) in [5.74, 6) is 0.922. The topological polar surface area (TPSA) is 44.7 Å². The van der Waals surface area contributed by atoms with Crippen LogP contribution in [-0.2, 0) is 4.74 Å². The van der Waals surface area contributed by atoms with Crippen molar-refractivity contribution in [2.75, 3.05) is 45.9 Å². The van der Waals surface area contributed by atoms with Gasteiger partial charge in [0.1, 0.15) is 0 Å². The molecule has 4 nitrogen and oxygen atoms in total. The van der Waals surface area contributed by atoms with Crippen LogP contribution in [-0.4, -0.2) is 62.0 Å². The molecule has 94 valence electrons. The summed E-state index contributed by atoms with van der Waals surface area (Å²) in [5, 5.41) is 13.1. The Bertz CT molecular complexity index is 191. The van der Waals surface area contributed by atoms with E-state index in [-0.39, 0.29) is 6.10 Å². The third-order valence-electron chi connectivity index (χ3n) is 3.36.